The zero-order valence-corrected chi connectivity index (χ0v) is 12.0. The second kappa shape index (κ2) is 5.77. The van der Waals surface area contributed by atoms with Gasteiger partial charge in [0.25, 0.3) is 0 Å². The van der Waals surface area contributed by atoms with Gasteiger partial charge in [-0.25, -0.2) is 9.78 Å². The van der Waals surface area contributed by atoms with Crippen molar-refractivity contribution in [2.24, 2.45) is 0 Å². The highest BCUT2D eigenvalue weighted by atomic mass is 16.5. The summed E-state index contributed by atoms with van der Waals surface area (Å²) in [6, 6.07) is 6.73. The molecule has 0 saturated carbocycles. The van der Waals surface area contributed by atoms with Crippen LogP contribution in [0.15, 0.2) is 44.2 Å². The molecule has 2 aromatic heterocycles. The van der Waals surface area contributed by atoms with Crippen LogP contribution < -0.4 is 15.1 Å². The maximum Gasteiger partial charge on any atom is 0.347 e. The Labute approximate surface area is 125 Å². The van der Waals surface area contributed by atoms with E-state index < -0.39 is 5.63 Å². The zero-order valence-electron chi connectivity index (χ0n) is 12.0. The van der Waals surface area contributed by atoms with Crippen LogP contribution in [0.5, 0.6) is 11.5 Å². The van der Waals surface area contributed by atoms with Crippen molar-refractivity contribution in [3.8, 4) is 11.5 Å². The summed E-state index contributed by atoms with van der Waals surface area (Å²) in [6.45, 7) is 0. The number of rotatable bonds is 4. The second-order valence-corrected chi connectivity index (χ2v) is 4.41. The fraction of sp³-hybridized carbons (Fsp3) is 0.125. The van der Waals surface area contributed by atoms with E-state index >= 15 is 0 Å². The number of methoxy groups -OCH3 is 2. The third-order valence-corrected chi connectivity index (χ3v) is 3.08. The van der Waals surface area contributed by atoms with Gasteiger partial charge in [0.2, 0.25) is 5.89 Å². The SMILES string of the molecule is COc1cc2nc(C=Cc3ccco3)oc(=O)c2cc1OC. The smallest absolute Gasteiger partial charge is 0.347 e. The molecule has 6 heteroatoms. The van der Waals surface area contributed by atoms with Crippen LogP contribution in [0.25, 0.3) is 23.1 Å². The Morgan fingerprint density at radius 2 is 1.91 bits per heavy atom. The molecule has 3 rings (SSSR count). The van der Waals surface area contributed by atoms with E-state index in [9.17, 15) is 4.79 Å². The van der Waals surface area contributed by atoms with Gasteiger partial charge in [0.15, 0.2) is 11.5 Å². The van der Waals surface area contributed by atoms with Crippen molar-refractivity contribution in [2.75, 3.05) is 14.2 Å². The number of nitrogens with zero attached hydrogens (tertiary/aromatic N) is 1. The van der Waals surface area contributed by atoms with Crippen molar-refractivity contribution < 1.29 is 18.3 Å². The number of benzene rings is 1. The molecule has 22 heavy (non-hydrogen) atoms. The second-order valence-electron chi connectivity index (χ2n) is 4.41. The van der Waals surface area contributed by atoms with Gasteiger partial charge in [0, 0.05) is 18.2 Å². The summed E-state index contributed by atoms with van der Waals surface area (Å²) in [4.78, 5) is 16.4. The fourth-order valence-corrected chi connectivity index (χ4v) is 2.03. The first-order chi connectivity index (χ1) is 10.7. The van der Waals surface area contributed by atoms with E-state index in [0.717, 1.165) is 0 Å². The van der Waals surface area contributed by atoms with Gasteiger partial charge in [-0.2, -0.15) is 0 Å². The van der Waals surface area contributed by atoms with E-state index in [1.807, 2.05) is 0 Å². The molecule has 0 spiro atoms. The van der Waals surface area contributed by atoms with E-state index in [0.29, 0.717) is 28.2 Å². The van der Waals surface area contributed by atoms with Crippen LogP contribution in [0, 0.1) is 0 Å². The van der Waals surface area contributed by atoms with Gasteiger partial charge in [-0.05, 0) is 18.2 Å². The van der Waals surface area contributed by atoms with Crippen LogP contribution in [-0.2, 0) is 0 Å². The molecule has 0 saturated heterocycles. The van der Waals surface area contributed by atoms with Crippen molar-refractivity contribution >= 4 is 23.1 Å². The quantitative estimate of drug-likeness (QED) is 0.737. The summed E-state index contributed by atoms with van der Waals surface area (Å²) in [7, 11) is 3.02. The highest BCUT2D eigenvalue weighted by molar-refractivity contribution is 5.82. The number of ether oxygens (including phenoxy) is 2. The molecule has 0 aliphatic carbocycles. The van der Waals surface area contributed by atoms with Gasteiger partial charge in [0.05, 0.1) is 31.4 Å². The van der Waals surface area contributed by atoms with Gasteiger partial charge in [0.1, 0.15) is 5.76 Å². The number of aromatic nitrogens is 1. The molecular formula is C16H13NO5. The first-order valence-electron chi connectivity index (χ1n) is 6.49. The lowest BCUT2D eigenvalue weighted by atomic mass is 10.2. The Morgan fingerprint density at radius 1 is 1.14 bits per heavy atom. The van der Waals surface area contributed by atoms with Crippen LogP contribution in [0.4, 0.5) is 0 Å². The van der Waals surface area contributed by atoms with Crippen molar-refractivity contribution in [2.45, 2.75) is 0 Å². The molecule has 0 unspecified atom stereocenters. The minimum atomic E-state index is -0.495. The van der Waals surface area contributed by atoms with Crippen LogP contribution in [-0.4, -0.2) is 19.2 Å². The highest BCUT2D eigenvalue weighted by Gasteiger charge is 2.11. The summed E-state index contributed by atoms with van der Waals surface area (Å²) >= 11 is 0. The number of hydrogen-bond acceptors (Lipinski definition) is 6. The van der Waals surface area contributed by atoms with Crippen LogP contribution >= 0.6 is 0 Å². The molecule has 0 atom stereocenters. The molecule has 0 fully saturated rings. The lowest BCUT2D eigenvalue weighted by Gasteiger charge is -2.08. The molecule has 2 heterocycles. The van der Waals surface area contributed by atoms with Crippen molar-refractivity contribution in [3.63, 3.8) is 0 Å². The largest absolute Gasteiger partial charge is 0.493 e. The maximum atomic E-state index is 12.1. The van der Waals surface area contributed by atoms with Crippen LogP contribution in [0.1, 0.15) is 11.7 Å². The van der Waals surface area contributed by atoms with Gasteiger partial charge in [-0.15, -0.1) is 0 Å². The third kappa shape index (κ3) is 2.58. The number of hydrogen-bond donors (Lipinski definition) is 0. The molecule has 0 bridgehead atoms. The normalized spacial score (nSPS) is 11.2. The van der Waals surface area contributed by atoms with Crippen molar-refractivity contribution in [3.05, 3.63) is 52.6 Å². The summed E-state index contributed by atoms with van der Waals surface area (Å²) in [5.74, 6) is 1.76. The monoisotopic (exact) mass is 299 g/mol. The average molecular weight is 299 g/mol. The summed E-state index contributed by atoms with van der Waals surface area (Å²) in [5, 5.41) is 0.327. The van der Waals surface area contributed by atoms with Gasteiger partial charge in [-0.1, -0.05) is 0 Å². The average Bonchev–Trinajstić information content (AvgIpc) is 3.05. The molecule has 0 N–H and O–H groups in total. The highest BCUT2D eigenvalue weighted by Crippen LogP contribution is 2.30. The first kappa shape index (κ1) is 13.9. The predicted molar refractivity (Wildman–Crippen MR) is 81.0 cm³/mol. The van der Waals surface area contributed by atoms with E-state index in [4.69, 9.17) is 18.3 Å². The van der Waals surface area contributed by atoms with Gasteiger partial charge < -0.3 is 18.3 Å². The Balaban J connectivity index is 2.09. The zero-order chi connectivity index (χ0) is 15.5. The topological polar surface area (TPSA) is 74.7 Å². The first-order valence-corrected chi connectivity index (χ1v) is 6.49. The minimum Gasteiger partial charge on any atom is -0.493 e. The lowest BCUT2D eigenvalue weighted by molar-refractivity contribution is 0.355. The van der Waals surface area contributed by atoms with E-state index in [1.54, 1.807) is 42.7 Å². The summed E-state index contributed by atoms with van der Waals surface area (Å²) < 4.78 is 20.7. The van der Waals surface area contributed by atoms with Gasteiger partial charge in [-0.3, -0.25) is 0 Å². The standard InChI is InChI=1S/C16H13NO5/c1-19-13-8-11-12(9-14(13)20-2)17-15(22-16(11)18)6-5-10-4-3-7-21-10/h3-9H,1-2H3. The maximum absolute atomic E-state index is 12.1. The molecule has 0 aliphatic heterocycles. The Bertz CT molecular complexity index is 877. The molecule has 0 radical (unpaired) electrons. The fourth-order valence-electron chi connectivity index (χ4n) is 2.03. The van der Waals surface area contributed by atoms with Crippen LogP contribution in [0.2, 0.25) is 0 Å². The molecule has 3 aromatic rings. The van der Waals surface area contributed by atoms with E-state index in [1.165, 1.54) is 14.2 Å². The van der Waals surface area contributed by atoms with E-state index in [-0.39, 0.29) is 5.89 Å². The molecule has 0 aliphatic rings. The van der Waals surface area contributed by atoms with Gasteiger partial charge >= 0.3 is 5.63 Å². The molecule has 112 valence electrons. The van der Waals surface area contributed by atoms with Crippen LogP contribution in [0.3, 0.4) is 0 Å². The molecule has 0 amide bonds. The molecular weight excluding hydrogens is 286 g/mol. The number of fused-ring (bicyclic) bond motifs is 1. The Morgan fingerprint density at radius 3 is 2.59 bits per heavy atom. The predicted octanol–water partition coefficient (Wildman–Crippen LogP) is 2.97. The third-order valence-electron chi connectivity index (χ3n) is 3.08. The Hall–Kier alpha value is -3.02. The van der Waals surface area contributed by atoms with E-state index in [2.05, 4.69) is 4.98 Å². The Kier molecular flexibility index (Phi) is 3.65. The summed E-state index contributed by atoms with van der Waals surface area (Å²) in [5.41, 5.74) is -0.0296. The van der Waals surface area contributed by atoms with Crippen molar-refractivity contribution in [1.82, 2.24) is 4.98 Å². The summed E-state index contributed by atoms with van der Waals surface area (Å²) in [6.07, 6.45) is 4.79. The van der Waals surface area contributed by atoms with Crippen molar-refractivity contribution in [1.29, 1.82) is 0 Å². The molecule has 6 nitrogen and oxygen atoms in total. The minimum absolute atomic E-state index is 0.182. The number of furan rings is 1. The molecule has 1 aromatic carbocycles. The lowest BCUT2D eigenvalue weighted by Crippen LogP contribution is -2.04.